The van der Waals surface area contributed by atoms with Crippen molar-refractivity contribution in [1.82, 2.24) is 0 Å². The molecular weight excluding hydrogens is 213 g/mol. The monoisotopic (exact) mass is 222 g/mol. The summed E-state index contributed by atoms with van der Waals surface area (Å²) in [6.07, 6.45) is -4.58. The highest BCUT2D eigenvalue weighted by Gasteiger charge is 2.38. The Balaban J connectivity index is 2.74. The Labute approximate surface area is 83.6 Å². The molecule has 0 aromatic carbocycles. The Kier molecular flexibility index (Phi) is 3.31. The Hall–Kier alpha value is -0.840. The predicted molar refractivity (Wildman–Crippen MR) is 48.5 cm³/mol. The van der Waals surface area contributed by atoms with Gasteiger partial charge in [-0.3, -0.25) is 4.79 Å². The summed E-state index contributed by atoms with van der Waals surface area (Å²) in [6, 6.07) is 1.75. The highest BCUT2D eigenvalue weighted by molar-refractivity contribution is 7.10. The molecule has 0 unspecified atom stereocenters. The zero-order valence-corrected chi connectivity index (χ0v) is 8.34. The summed E-state index contributed by atoms with van der Waals surface area (Å²) in [5.74, 6) is -1.67. The molecule has 0 aliphatic carbocycles. The molecule has 78 valence electrons. The molecule has 0 aliphatic heterocycles. The second-order valence-electron chi connectivity index (χ2n) is 2.82. The van der Waals surface area contributed by atoms with Gasteiger partial charge < -0.3 is 0 Å². The molecule has 1 nitrogen and oxygen atoms in total. The van der Waals surface area contributed by atoms with Crippen molar-refractivity contribution in [3.05, 3.63) is 21.9 Å². The Morgan fingerprint density at radius 1 is 1.50 bits per heavy atom. The number of Topliss-reactive ketones (excluding diaryl/α,β-unsaturated/α-hetero) is 1. The van der Waals surface area contributed by atoms with Gasteiger partial charge in [0.1, 0.15) is 0 Å². The van der Waals surface area contributed by atoms with Gasteiger partial charge in [-0.15, -0.1) is 11.3 Å². The summed E-state index contributed by atoms with van der Waals surface area (Å²) in [5.41, 5.74) is 0.826. The summed E-state index contributed by atoms with van der Waals surface area (Å²) in [4.78, 5) is 11.2. The molecule has 0 spiro atoms. The number of carbonyl (C=O) groups excluding carboxylic acids is 1. The molecule has 0 amide bonds. The second kappa shape index (κ2) is 4.13. The first-order chi connectivity index (χ1) is 6.45. The minimum atomic E-state index is -4.71. The Bertz CT molecular complexity index is 327. The zero-order chi connectivity index (χ0) is 10.8. The van der Waals surface area contributed by atoms with Crippen LogP contribution in [-0.2, 0) is 17.6 Å². The summed E-state index contributed by atoms with van der Waals surface area (Å²) in [6.45, 7) is 1.85. The van der Waals surface area contributed by atoms with Gasteiger partial charge in [0.2, 0.25) is 5.78 Å². The Morgan fingerprint density at radius 2 is 2.14 bits per heavy atom. The molecule has 0 bridgehead atoms. The third kappa shape index (κ3) is 2.57. The van der Waals surface area contributed by atoms with Crippen LogP contribution in [0.25, 0.3) is 0 Å². The molecular formula is C9H9F3OS. The number of carbonyl (C=O) groups is 1. The lowest BCUT2D eigenvalue weighted by molar-refractivity contribution is -0.170. The number of thiophene rings is 1. The minimum Gasteiger partial charge on any atom is -0.289 e. The van der Waals surface area contributed by atoms with Crippen molar-refractivity contribution in [2.75, 3.05) is 0 Å². The van der Waals surface area contributed by atoms with Crippen LogP contribution in [0.3, 0.4) is 0 Å². The lowest BCUT2D eigenvalue weighted by Gasteiger charge is -2.04. The first kappa shape index (κ1) is 11.2. The van der Waals surface area contributed by atoms with Crippen LogP contribution in [0, 0.1) is 0 Å². The largest absolute Gasteiger partial charge is 0.450 e. The van der Waals surface area contributed by atoms with Gasteiger partial charge >= 0.3 is 6.18 Å². The molecule has 1 aromatic rings. The van der Waals surface area contributed by atoms with E-state index in [0.29, 0.717) is 11.3 Å². The van der Waals surface area contributed by atoms with E-state index in [0.717, 1.165) is 5.56 Å². The van der Waals surface area contributed by atoms with Gasteiger partial charge in [-0.25, -0.2) is 0 Å². The van der Waals surface area contributed by atoms with Gasteiger partial charge in [0.05, 0.1) is 6.42 Å². The first-order valence-electron chi connectivity index (χ1n) is 4.10. The van der Waals surface area contributed by atoms with Crippen molar-refractivity contribution in [1.29, 1.82) is 0 Å². The van der Waals surface area contributed by atoms with Crippen LogP contribution in [0.1, 0.15) is 17.4 Å². The Morgan fingerprint density at radius 3 is 2.64 bits per heavy atom. The van der Waals surface area contributed by atoms with Crippen molar-refractivity contribution in [3.63, 3.8) is 0 Å². The average Bonchev–Trinajstić information content (AvgIpc) is 2.50. The predicted octanol–water partition coefficient (Wildman–Crippen LogP) is 2.98. The van der Waals surface area contributed by atoms with Crippen LogP contribution in [0.15, 0.2) is 11.4 Å². The van der Waals surface area contributed by atoms with Crippen LogP contribution < -0.4 is 0 Å². The van der Waals surface area contributed by atoms with Crippen molar-refractivity contribution < 1.29 is 18.0 Å². The fraction of sp³-hybridized carbons (Fsp3) is 0.444. The molecule has 0 saturated carbocycles. The number of ketones is 1. The van der Waals surface area contributed by atoms with Gasteiger partial charge in [-0.1, -0.05) is 6.92 Å². The molecule has 0 N–H and O–H groups in total. The smallest absolute Gasteiger partial charge is 0.289 e. The van der Waals surface area contributed by atoms with Gasteiger partial charge in [0, 0.05) is 4.88 Å². The molecule has 0 saturated heterocycles. The maximum atomic E-state index is 11.9. The van der Waals surface area contributed by atoms with Crippen molar-refractivity contribution in [3.8, 4) is 0 Å². The third-order valence-corrected chi connectivity index (χ3v) is 2.82. The molecule has 1 rings (SSSR count). The topological polar surface area (TPSA) is 17.1 Å². The van der Waals surface area contributed by atoms with E-state index in [9.17, 15) is 18.0 Å². The molecule has 0 aliphatic rings. The lowest BCUT2D eigenvalue weighted by Crippen LogP contribution is -2.24. The standard InChI is InChI=1S/C9H9F3OS/c1-2-6-3-4-14-7(6)5-8(13)9(10,11)12/h3-4H,2,5H2,1H3. The van der Waals surface area contributed by atoms with Gasteiger partial charge in [0.15, 0.2) is 0 Å². The highest BCUT2D eigenvalue weighted by atomic mass is 32.1. The molecule has 1 aromatic heterocycles. The van der Waals surface area contributed by atoms with Crippen LogP contribution in [0.4, 0.5) is 13.2 Å². The van der Waals surface area contributed by atoms with Crippen LogP contribution >= 0.6 is 11.3 Å². The zero-order valence-electron chi connectivity index (χ0n) is 7.52. The van der Waals surface area contributed by atoms with Crippen LogP contribution in [-0.4, -0.2) is 12.0 Å². The molecule has 5 heteroatoms. The van der Waals surface area contributed by atoms with E-state index < -0.39 is 18.4 Å². The number of rotatable bonds is 3. The second-order valence-corrected chi connectivity index (χ2v) is 3.82. The normalized spacial score (nSPS) is 11.7. The SMILES string of the molecule is CCc1ccsc1CC(=O)C(F)(F)F. The van der Waals surface area contributed by atoms with E-state index in [1.165, 1.54) is 11.3 Å². The molecule has 0 fully saturated rings. The summed E-state index contributed by atoms with van der Waals surface area (Å²) >= 11 is 1.20. The summed E-state index contributed by atoms with van der Waals surface area (Å²) in [5, 5.41) is 1.71. The molecule has 14 heavy (non-hydrogen) atoms. The number of alkyl halides is 3. The number of aryl methyl sites for hydroxylation is 1. The van der Waals surface area contributed by atoms with Crippen LogP contribution in [0.5, 0.6) is 0 Å². The van der Waals surface area contributed by atoms with Gasteiger partial charge in [0.25, 0.3) is 0 Å². The summed E-state index contributed by atoms with van der Waals surface area (Å²) < 4.78 is 35.8. The van der Waals surface area contributed by atoms with E-state index >= 15 is 0 Å². The average molecular weight is 222 g/mol. The van der Waals surface area contributed by atoms with Crippen molar-refractivity contribution in [2.45, 2.75) is 25.9 Å². The van der Waals surface area contributed by atoms with E-state index in [4.69, 9.17) is 0 Å². The third-order valence-electron chi connectivity index (χ3n) is 1.86. The minimum absolute atomic E-state index is 0.523. The lowest BCUT2D eigenvalue weighted by atomic mass is 10.1. The number of hydrogen-bond acceptors (Lipinski definition) is 2. The first-order valence-corrected chi connectivity index (χ1v) is 4.98. The fourth-order valence-corrected chi connectivity index (χ4v) is 2.06. The maximum absolute atomic E-state index is 11.9. The highest BCUT2D eigenvalue weighted by Crippen LogP contribution is 2.23. The maximum Gasteiger partial charge on any atom is 0.450 e. The summed E-state index contributed by atoms with van der Waals surface area (Å²) in [7, 11) is 0. The number of hydrogen-bond donors (Lipinski definition) is 0. The van der Waals surface area contributed by atoms with Crippen molar-refractivity contribution in [2.24, 2.45) is 0 Å². The van der Waals surface area contributed by atoms with Gasteiger partial charge in [-0.05, 0) is 23.4 Å². The quantitative estimate of drug-likeness (QED) is 0.768. The molecule has 0 atom stereocenters. The van der Waals surface area contributed by atoms with Crippen molar-refractivity contribution >= 4 is 17.1 Å². The molecule has 1 heterocycles. The van der Waals surface area contributed by atoms with Gasteiger partial charge in [-0.2, -0.15) is 13.2 Å². The fourth-order valence-electron chi connectivity index (χ4n) is 1.08. The molecule has 0 radical (unpaired) electrons. The number of halogens is 3. The van der Waals surface area contributed by atoms with E-state index in [1.807, 2.05) is 6.92 Å². The van der Waals surface area contributed by atoms with E-state index in [2.05, 4.69) is 0 Å². The van der Waals surface area contributed by atoms with Crippen LogP contribution in [0.2, 0.25) is 0 Å². The van der Waals surface area contributed by atoms with E-state index in [-0.39, 0.29) is 0 Å². The van der Waals surface area contributed by atoms with E-state index in [1.54, 1.807) is 11.4 Å².